The minimum Gasteiger partial charge on any atom is -0.495 e. The highest BCUT2D eigenvalue weighted by molar-refractivity contribution is 7.89. The second-order valence-electron chi connectivity index (χ2n) is 7.29. The third kappa shape index (κ3) is 4.63. The maximum Gasteiger partial charge on any atom is 0.246 e. The lowest BCUT2D eigenvalue weighted by Gasteiger charge is -2.24. The van der Waals surface area contributed by atoms with Crippen LogP contribution in [0, 0.1) is 5.92 Å². The number of rotatable bonds is 7. The Morgan fingerprint density at radius 1 is 1.23 bits per heavy atom. The molecule has 0 spiro atoms. The second-order valence-corrected chi connectivity index (χ2v) is 9.41. The zero-order valence-corrected chi connectivity index (χ0v) is 18.0. The van der Waals surface area contributed by atoms with E-state index in [2.05, 4.69) is 10.6 Å². The lowest BCUT2D eigenvalue weighted by atomic mass is 9.89. The summed E-state index contributed by atoms with van der Waals surface area (Å²) in [6.45, 7) is 0. The summed E-state index contributed by atoms with van der Waals surface area (Å²) < 4.78 is 31.2. The molecule has 8 nitrogen and oxygen atoms in total. The van der Waals surface area contributed by atoms with Crippen LogP contribution in [0.4, 0.5) is 11.4 Å². The number of fused-ring (bicyclic) bond motifs is 1. The van der Waals surface area contributed by atoms with E-state index in [0.717, 1.165) is 15.6 Å². The van der Waals surface area contributed by atoms with Gasteiger partial charge in [-0.15, -0.1) is 0 Å². The van der Waals surface area contributed by atoms with Gasteiger partial charge in [0, 0.05) is 37.8 Å². The Labute approximate surface area is 176 Å². The summed E-state index contributed by atoms with van der Waals surface area (Å²) in [7, 11) is 0.494. The van der Waals surface area contributed by atoms with Crippen LogP contribution in [-0.4, -0.2) is 45.7 Å². The number of ether oxygens (including phenoxy) is 1. The second kappa shape index (κ2) is 8.85. The highest BCUT2D eigenvalue weighted by Crippen LogP contribution is 2.30. The molecule has 2 aromatic carbocycles. The number of methoxy groups -OCH3 is 1. The van der Waals surface area contributed by atoms with Crippen molar-refractivity contribution in [2.75, 3.05) is 31.8 Å². The number of sulfonamides is 1. The Bertz CT molecular complexity index is 1070. The number of nitrogens with one attached hydrogen (secondary N) is 2. The van der Waals surface area contributed by atoms with Crippen molar-refractivity contribution in [1.82, 2.24) is 4.31 Å². The molecule has 0 aliphatic carbocycles. The minimum atomic E-state index is -3.74. The van der Waals surface area contributed by atoms with Crippen molar-refractivity contribution in [2.24, 2.45) is 5.92 Å². The van der Waals surface area contributed by atoms with Crippen LogP contribution in [0.25, 0.3) is 0 Å². The van der Waals surface area contributed by atoms with E-state index in [0.29, 0.717) is 18.5 Å². The lowest BCUT2D eigenvalue weighted by molar-refractivity contribution is -0.121. The average Bonchev–Trinajstić information content (AvgIpc) is 2.72. The summed E-state index contributed by atoms with van der Waals surface area (Å²) in [5.74, 6) is -0.476. The molecule has 0 fully saturated rings. The van der Waals surface area contributed by atoms with Gasteiger partial charge in [-0.2, -0.15) is 0 Å². The highest BCUT2D eigenvalue weighted by atomic mass is 32.2. The molecule has 0 unspecified atom stereocenters. The molecule has 0 bridgehead atoms. The fraction of sp³-hybridized carbons (Fsp3) is 0.333. The number of hydrogen-bond donors (Lipinski definition) is 2. The Kier molecular flexibility index (Phi) is 6.42. The van der Waals surface area contributed by atoms with Gasteiger partial charge in [0.05, 0.1) is 7.11 Å². The van der Waals surface area contributed by atoms with Crippen LogP contribution in [-0.2, 0) is 26.0 Å². The standard InChI is InChI=1S/C21H25N3O5S/c1-24(2)30(27,28)19-13-16(9-10-18(19)29-3)22-20(25)11-8-15-12-14-6-4-5-7-17(14)23-21(15)26/h4-7,9-10,13,15H,8,11-12H2,1-3H3,(H,22,25)(H,23,26)/t15-/m0/s1. The predicted molar refractivity (Wildman–Crippen MR) is 114 cm³/mol. The normalized spacial score (nSPS) is 16.0. The molecule has 9 heteroatoms. The molecule has 2 amide bonds. The zero-order valence-electron chi connectivity index (χ0n) is 17.1. The molecule has 2 N–H and O–H groups in total. The van der Waals surface area contributed by atoms with E-state index >= 15 is 0 Å². The number of anilines is 2. The summed E-state index contributed by atoms with van der Waals surface area (Å²) in [5, 5.41) is 5.58. The molecule has 160 valence electrons. The van der Waals surface area contributed by atoms with Crippen molar-refractivity contribution in [3.8, 4) is 5.75 Å². The van der Waals surface area contributed by atoms with Gasteiger partial charge in [-0.3, -0.25) is 9.59 Å². The quantitative estimate of drug-likeness (QED) is 0.701. The van der Waals surface area contributed by atoms with Crippen LogP contribution in [0.15, 0.2) is 47.4 Å². The predicted octanol–water partition coefficient (Wildman–Crippen LogP) is 2.48. The molecule has 1 atom stereocenters. The first-order chi connectivity index (χ1) is 14.2. The van der Waals surface area contributed by atoms with Crippen LogP contribution in [0.5, 0.6) is 5.75 Å². The maximum absolute atomic E-state index is 12.5. The summed E-state index contributed by atoms with van der Waals surface area (Å²) in [6.07, 6.45) is 1.12. The molecule has 0 aromatic heterocycles. The van der Waals surface area contributed by atoms with E-state index in [1.807, 2.05) is 24.3 Å². The van der Waals surface area contributed by atoms with Gasteiger partial charge in [-0.25, -0.2) is 12.7 Å². The van der Waals surface area contributed by atoms with Gasteiger partial charge in [0.25, 0.3) is 0 Å². The van der Waals surface area contributed by atoms with Gasteiger partial charge in [-0.05, 0) is 42.7 Å². The van der Waals surface area contributed by atoms with Crippen molar-refractivity contribution in [1.29, 1.82) is 0 Å². The fourth-order valence-corrected chi connectivity index (χ4v) is 4.40. The largest absolute Gasteiger partial charge is 0.495 e. The van der Waals surface area contributed by atoms with E-state index in [-0.39, 0.29) is 34.8 Å². The summed E-state index contributed by atoms with van der Waals surface area (Å²) in [5.41, 5.74) is 2.21. The molecular formula is C21H25N3O5S. The highest BCUT2D eigenvalue weighted by Gasteiger charge is 2.27. The molecule has 0 saturated heterocycles. The molecule has 2 aromatic rings. The van der Waals surface area contributed by atoms with Gasteiger partial charge in [0.15, 0.2) is 0 Å². The van der Waals surface area contributed by atoms with Crippen LogP contribution in [0.2, 0.25) is 0 Å². The molecule has 1 aliphatic rings. The zero-order chi connectivity index (χ0) is 21.9. The van der Waals surface area contributed by atoms with Crippen molar-refractivity contribution < 1.29 is 22.7 Å². The molecule has 3 rings (SSSR count). The van der Waals surface area contributed by atoms with Crippen LogP contribution in [0.3, 0.4) is 0 Å². The molecule has 0 saturated carbocycles. The molecule has 1 aliphatic heterocycles. The Balaban J connectivity index is 1.66. The van der Waals surface area contributed by atoms with Crippen LogP contribution < -0.4 is 15.4 Å². The number of hydrogen-bond acceptors (Lipinski definition) is 5. The number of carbonyl (C=O) groups excluding carboxylic acids is 2. The molecular weight excluding hydrogens is 406 g/mol. The number of benzene rings is 2. The Hall–Kier alpha value is -2.91. The Morgan fingerprint density at radius 3 is 2.67 bits per heavy atom. The van der Waals surface area contributed by atoms with Gasteiger partial charge in [0.2, 0.25) is 21.8 Å². The van der Waals surface area contributed by atoms with Crippen molar-refractivity contribution >= 4 is 33.2 Å². The van der Waals surface area contributed by atoms with Gasteiger partial charge < -0.3 is 15.4 Å². The summed E-state index contributed by atoms with van der Waals surface area (Å²) in [6, 6.07) is 12.1. The Morgan fingerprint density at radius 2 is 1.97 bits per heavy atom. The minimum absolute atomic E-state index is 0.0314. The monoisotopic (exact) mass is 431 g/mol. The van der Waals surface area contributed by atoms with Crippen molar-refractivity contribution in [3.05, 3.63) is 48.0 Å². The van der Waals surface area contributed by atoms with Crippen LogP contribution in [0.1, 0.15) is 18.4 Å². The van der Waals surface area contributed by atoms with E-state index in [1.54, 1.807) is 6.07 Å². The molecule has 30 heavy (non-hydrogen) atoms. The first-order valence-corrected chi connectivity index (χ1v) is 11.0. The number of para-hydroxylation sites is 1. The topological polar surface area (TPSA) is 105 Å². The lowest BCUT2D eigenvalue weighted by Crippen LogP contribution is -2.30. The van der Waals surface area contributed by atoms with E-state index < -0.39 is 10.0 Å². The van der Waals surface area contributed by atoms with Crippen molar-refractivity contribution in [2.45, 2.75) is 24.2 Å². The number of amides is 2. The first kappa shape index (κ1) is 21.8. The van der Waals surface area contributed by atoms with Gasteiger partial charge in [-0.1, -0.05) is 18.2 Å². The average molecular weight is 432 g/mol. The summed E-state index contributed by atoms with van der Waals surface area (Å²) in [4.78, 5) is 24.7. The first-order valence-electron chi connectivity index (χ1n) is 9.51. The fourth-order valence-electron chi connectivity index (χ4n) is 3.33. The smallest absolute Gasteiger partial charge is 0.246 e. The third-order valence-electron chi connectivity index (χ3n) is 5.04. The van der Waals surface area contributed by atoms with Crippen LogP contribution >= 0.6 is 0 Å². The molecule has 1 heterocycles. The van der Waals surface area contributed by atoms with E-state index in [9.17, 15) is 18.0 Å². The van der Waals surface area contributed by atoms with Crippen molar-refractivity contribution in [3.63, 3.8) is 0 Å². The van der Waals surface area contributed by atoms with E-state index in [4.69, 9.17) is 4.74 Å². The molecule has 0 radical (unpaired) electrons. The van der Waals surface area contributed by atoms with Gasteiger partial charge in [0.1, 0.15) is 10.6 Å². The third-order valence-corrected chi connectivity index (χ3v) is 6.87. The summed E-state index contributed by atoms with van der Waals surface area (Å²) >= 11 is 0. The maximum atomic E-state index is 12.5. The van der Waals surface area contributed by atoms with Gasteiger partial charge >= 0.3 is 0 Å². The number of carbonyl (C=O) groups is 2. The number of nitrogens with zero attached hydrogens (tertiary/aromatic N) is 1. The SMILES string of the molecule is COc1ccc(NC(=O)CC[C@H]2Cc3ccccc3NC2=O)cc1S(=O)(=O)N(C)C. The van der Waals surface area contributed by atoms with E-state index in [1.165, 1.54) is 33.3 Å².